The van der Waals surface area contributed by atoms with Crippen LogP contribution in [0.4, 0.5) is 0 Å². The summed E-state index contributed by atoms with van der Waals surface area (Å²) in [7, 11) is -3.38. The van der Waals surface area contributed by atoms with Crippen molar-refractivity contribution in [2.75, 3.05) is 19.3 Å². The second-order valence-corrected chi connectivity index (χ2v) is 9.08. The Labute approximate surface area is 145 Å². The maximum Gasteiger partial charge on any atom is 0.178 e. The Morgan fingerprint density at radius 2 is 1.96 bits per heavy atom. The summed E-state index contributed by atoms with van der Waals surface area (Å²) < 4.78 is 23.2. The number of hydrogen-bond acceptors (Lipinski definition) is 6. The summed E-state index contributed by atoms with van der Waals surface area (Å²) in [6.45, 7) is 1.11. The van der Waals surface area contributed by atoms with E-state index in [0.29, 0.717) is 13.1 Å². The highest BCUT2D eigenvalue weighted by atomic mass is 35.5. The van der Waals surface area contributed by atoms with E-state index in [1.807, 2.05) is 0 Å². The highest BCUT2D eigenvalue weighted by Crippen LogP contribution is 2.36. The molecule has 24 heavy (non-hydrogen) atoms. The second kappa shape index (κ2) is 6.20. The summed E-state index contributed by atoms with van der Waals surface area (Å²) in [6, 6.07) is 0. The first kappa shape index (κ1) is 17.5. The van der Waals surface area contributed by atoms with Crippen LogP contribution in [0.25, 0.3) is 0 Å². The third kappa shape index (κ3) is 3.00. The average molecular weight is 372 g/mol. The number of hydrogen-bond donors (Lipinski definition) is 1. The van der Waals surface area contributed by atoms with Crippen molar-refractivity contribution in [1.82, 2.24) is 5.32 Å². The van der Waals surface area contributed by atoms with Crippen molar-refractivity contribution in [2.45, 2.75) is 19.3 Å². The molecule has 3 unspecified atom stereocenters. The molecule has 8 heteroatoms. The van der Waals surface area contributed by atoms with Crippen LogP contribution in [0.3, 0.4) is 0 Å². The Hall–Kier alpha value is -1.31. The van der Waals surface area contributed by atoms with E-state index < -0.39 is 21.5 Å². The van der Waals surface area contributed by atoms with Gasteiger partial charge in [0, 0.05) is 40.6 Å². The second-order valence-electron chi connectivity index (χ2n) is 6.60. The number of rotatable bonds is 3. The lowest BCUT2D eigenvalue weighted by atomic mass is 9.71. The maximum absolute atomic E-state index is 12.7. The van der Waals surface area contributed by atoms with Crippen LogP contribution >= 0.6 is 11.6 Å². The molecule has 1 heterocycles. The molecular formula is C16H18ClNO5S. The molecule has 6 nitrogen and oxygen atoms in total. The van der Waals surface area contributed by atoms with Crippen molar-refractivity contribution < 1.29 is 22.8 Å². The number of carbonyl (C=O) groups excluding carboxylic acids is 3. The summed E-state index contributed by atoms with van der Waals surface area (Å²) in [5.74, 6) is -2.87. The zero-order chi connectivity index (χ0) is 17.6. The summed E-state index contributed by atoms with van der Waals surface area (Å²) in [6.07, 6.45) is 2.83. The lowest BCUT2D eigenvalue weighted by Gasteiger charge is -2.29. The molecule has 1 saturated carbocycles. The van der Waals surface area contributed by atoms with Crippen LogP contribution in [0.2, 0.25) is 0 Å². The summed E-state index contributed by atoms with van der Waals surface area (Å²) in [5, 5.41) is 3.10. The standard InChI is InChI=1S/C16H18ClNO5S/c1-24(22,23)9-2-3-10(12(17)5-9)15(20)14-13(19)4-8-6-18-7-11(8)16(14)21/h5,8,11,14,18H,2-4,6-7H2,1H3. The number of halogens is 1. The van der Waals surface area contributed by atoms with E-state index in [1.54, 1.807) is 0 Å². The highest BCUT2D eigenvalue weighted by Gasteiger charge is 2.49. The minimum absolute atomic E-state index is 0.0129. The van der Waals surface area contributed by atoms with Gasteiger partial charge in [-0.25, -0.2) is 8.42 Å². The molecule has 0 spiro atoms. The van der Waals surface area contributed by atoms with Gasteiger partial charge in [0.25, 0.3) is 0 Å². The number of sulfone groups is 1. The monoisotopic (exact) mass is 371 g/mol. The quantitative estimate of drug-likeness (QED) is 0.736. The van der Waals surface area contributed by atoms with Crippen LogP contribution in [0, 0.1) is 17.8 Å². The molecule has 3 aliphatic rings. The third-order valence-electron chi connectivity index (χ3n) is 5.01. The smallest absolute Gasteiger partial charge is 0.178 e. The third-order valence-corrected chi connectivity index (χ3v) is 6.62. The van der Waals surface area contributed by atoms with Crippen LogP contribution in [-0.2, 0) is 24.2 Å². The van der Waals surface area contributed by atoms with Crippen LogP contribution in [0.1, 0.15) is 19.3 Å². The fourth-order valence-electron chi connectivity index (χ4n) is 3.68. The first-order chi connectivity index (χ1) is 11.2. The predicted octanol–water partition coefficient (Wildman–Crippen LogP) is 0.764. The number of Topliss-reactive ketones (excluding diaryl/α,β-unsaturated/α-hetero) is 3. The maximum atomic E-state index is 12.7. The van der Waals surface area contributed by atoms with E-state index >= 15 is 0 Å². The molecule has 0 aromatic rings. The van der Waals surface area contributed by atoms with Gasteiger partial charge in [0.2, 0.25) is 0 Å². The lowest BCUT2D eigenvalue weighted by molar-refractivity contribution is -0.144. The van der Waals surface area contributed by atoms with Gasteiger partial charge in [-0.1, -0.05) is 11.6 Å². The van der Waals surface area contributed by atoms with Crippen molar-refractivity contribution in [3.63, 3.8) is 0 Å². The topological polar surface area (TPSA) is 97.4 Å². The zero-order valence-corrected chi connectivity index (χ0v) is 14.7. The Kier molecular flexibility index (Phi) is 4.53. The number of allylic oxidation sites excluding steroid dienone is 4. The number of carbonyl (C=O) groups is 3. The van der Waals surface area contributed by atoms with Gasteiger partial charge in [-0.2, -0.15) is 0 Å². The summed E-state index contributed by atoms with van der Waals surface area (Å²) in [4.78, 5) is 37.8. The Morgan fingerprint density at radius 1 is 1.25 bits per heavy atom. The first-order valence-electron chi connectivity index (χ1n) is 7.80. The number of fused-ring (bicyclic) bond motifs is 1. The van der Waals surface area contributed by atoms with E-state index in [9.17, 15) is 22.8 Å². The van der Waals surface area contributed by atoms with Gasteiger partial charge in [0.15, 0.2) is 27.2 Å². The Bertz CT molecular complexity index is 795. The molecule has 0 radical (unpaired) electrons. The highest BCUT2D eigenvalue weighted by molar-refractivity contribution is 7.94. The average Bonchev–Trinajstić information content (AvgIpc) is 2.94. The van der Waals surface area contributed by atoms with E-state index in [1.165, 1.54) is 6.08 Å². The summed E-state index contributed by atoms with van der Waals surface area (Å²) >= 11 is 6.09. The van der Waals surface area contributed by atoms with Gasteiger partial charge in [0.1, 0.15) is 5.92 Å². The van der Waals surface area contributed by atoms with Crippen LogP contribution in [0.15, 0.2) is 21.6 Å². The van der Waals surface area contributed by atoms with E-state index in [0.717, 1.165) is 6.26 Å². The van der Waals surface area contributed by atoms with Crippen LogP contribution < -0.4 is 5.32 Å². The number of nitrogens with one attached hydrogen (secondary N) is 1. The molecule has 3 atom stereocenters. The minimum atomic E-state index is -3.38. The molecular weight excluding hydrogens is 354 g/mol. The SMILES string of the molecule is CS(=O)(=O)C1=CC(Cl)=C(C(=O)C2C(=O)CC3CNCC3C2=O)CC1. The van der Waals surface area contributed by atoms with Gasteiger partial charge in [-0.15, -0.1) is 0 Å². The van der Waals surface area contributed by atoms with Crippen molar-refractivity contribution in [1.29, 1.82) is 0 Å². The van der Waals surface area contributed by atoms with E-state index in [4.69, 9.17) is 11.6 Å². The minimum Gasteiger partial charge on any atom is -0.316 e. The van der Waals surface area contributed by atoms with E-state index in [2.05, 4.69) is 5.32 Å². The fourth-order valence-corrected chi connectivity index (χ4v) is 4.87. The molecule has 0 aromatic carbocycles. The predicted molar refractivity (Wildman–Crippen MR) is 88.0 cm³/mol. The van der Waals surface area contributed by atoms with Crippen molar-refractivity contribution >= 4 is 38.8 Å². The molecule has 0 aromatic heterocycles. The fraction of sp³-hybridized carbons (Fsp3) is 0.562. The van der Waals surface area contributed by atoms with Crippen molar-refractivity contribution in [2.24, 2.45) is 17.8 Å². The van der Waals surface area contributed by atoms with Gasteiger partial charge in [-0.05, 0) is 31.4 Å². The molecule has 1 N–H and O–H groups in total. The van der Waals surface area contributed by atoms with E-state index in [-0.39, 0.29) is 58.2 Å². The molecule has 1 saturated heterocycles. The van der Waals surface area contributed by atoms with Crippen LogP contribution in [-0.4, -0.2) is 45.1 Å². The largest absolute Gasteiger partial charge is 0.316 e. The van der Waals surface area contributed by atoms with Crippen molar-refractivity contribution in [3.05, 3.63) is 21.6 Å². The van der Waals surface area contributed by atoms with Gasteiger partial charge in [0.05, 0.1) is 0 Å². The molecule has 0 amide bonds. The molecule has 130 valence electrons. The molecule has 2 fully saturated rings. The molecule has 3 rings (SSSR count). The first-order valence-corrected chi connectivity index (χ1v) is 10.1. The number of ketones is 3. The lowest BCUT2D eigenvalue weighted by Crippen LogP contribution is -2.45. The van der Waals surface area contributed by atoms with Gasteiger partial charge < -0.3 is 5.32 Å². The Balaban J connectivity index is 1.90. The van der Waals surface area contributed by atoms with Crippen molar-refractivity contribution in [3.8, 4) is 0 Å². The normalized spacial score (nSPS) is 31.1. The molecule has 1 aliphatic heterocycles. The van der Waals surface area contributed by atoms with Gasteiger partial charge >= 0.3 is 0 Å². The van der Waals surface area contributed by atoms with Gasteiger partial charge in [-0.3, -0.25) is 14.4 Å². The van der Waals surface area contributed by atoms with Crippen LogP contribution in [0.5, 0.6) is 0 Å². The Morgan fingerprint density at radius 3 is 2.58 bits per heavy atom. The zero-order valence-electron chi connectivity index (χ0n) is 13.2. The summed E-state index contributed by atoms with van der Waals surface area (Å²) in [5.41, 5.74) is 0.181. The molecule has 0 bridgehead atoms. The molecule has 2 aliphatic carbocycles.